The number of pyridine rings is 1. The van der Waals surface area contributed by atoms with Gasteiger partial charge in [0.1, 0.15) is 5.69 Å². The Bertz CT molecular complexity index is 736. The van der Waals surface area contributed by atoms with Gasteiger partial charge in [0.05, 0.1) is 5.52 Å². The van der Waals surface area contributed by atoms with Crippen molar-refractivity contribution in [1.29, 1.82) is 0 Å². The van der Waals surface area contributed by atoms with E-state index < -0.39 is 0 Å². The first-order valence-electron chi connectivity index (χ1n) is 8.62. The molecule has 5 heteroatoms. The fourth-order valence-corrected chi connectivity index (χ4v) is 3.08. The lowest BCUT2D eigenvalue weighted by atomic mass is 9.95. The molecule has 24 heavy (non-hydrogen) atoms. The summed E-state index contributed by atoms with van der Waals surface area (Å²) < 4.78 is 0. The Kier molecular flexibility index (Phi) is 5.08. The summed E-state index contributed by atoms with van der Waals surface area (Å²) in [5.41, 5.74) is 1.31. The second-order valence-corrected chi connectivity index (χ2v) is 6.25. The van der Waals surface area contributed by atoms with Crippen LogP contribution in [0.4, 0.5) is 0 Å². The van der Waals surface area contributed by atoms with Gasteiger partial charge >= 0.3 is 0 Å². The van der Waals surface area contributed by atoms with Crippen LogP contribution >= 0.6 is 0 Å². The highest BCUT2D eigenvalue weighted by Gasteiger charge is 2.28. The third kappa shape index (κ3) is 3.55. The molecule has 1 N–H and O–H groups in total. The molecule has 0 atom stereocenters. The molecule has 126 valence electrons. The summed E-state index contributed by atoms with van der Waals surface area (Å²) in [6.07, 6.45) is 2.38. The number of piperidine rings is 1. The van der Waals surface area contributed by atoms with E-state index in [1.165, 1.54) is 0 Å². The standard InChI is InChI=1S/C19H23N3O2/c1-2-11-20-18(23)15-9-12-22(13-10-15)19(24)17-8-7-14-5-3-4-6-16(14)21-17/h3-8,15H,2,9-13H2,1H3,(H,20,23). The Hall–Kier alpha value is -2.43. The van der Waals surface area contributed by atoms with Crippen molar-refractivity contribution in [2.45, 2.75) is 26.2 Å². The summed E-state index contributed by atoms with van der Waals surface area (Å²) in [7, 11) is 0. The zero-order chi connectivity index (χ0) is 16.9. The number of carbonyl (C=O) groups is 2. The van der Waals surface area contributed by atoms with Crippen molar-refractivity contribution in [3.63, 3.8) is 0 Å². The molecule has 0 radical (unpaired) electrons. The number of hydrogen-bond acceptors (Lipinski definition) is 3. The molecule has 0 unspecified atom stereocenters. The highest BCUT2D eigenvalue weighted by Crippen LogP contribution is 2.20. The van der Waals surface area contributed by atoms with Gasteiger partial charge in [-0.1, -0.05) is 31.2 Å². The van der Waals surface area contributed by atoms with Crippen LogP contribution in [0.2, 0.25) is 0 Å². The molecule has 1 aromatic heterocycles. The van der Waals surface area contributed by atoms with Crippen molar-refractivity contribution < 1.29 is 9.59 Å². The lowest BCUT2D eigenvalue weighted by Crippen LogP contribution is -2.43. The molecular weight excluding hydrogens is 302 g/mol. The molecule has 0 spiro atoms. The average molecular weight is 325 g/mol. The molecule has 2 amide bonds. The third-order valence-corrected chi connectivity index (χ3v) is 4.52. The highest BCUT2D eigenvalue weighted by molar-refractivity contribution is 5.95. The first-order chi connectivity index (χ1) is 11.7. The van der Waals surface area contributed by atoms with Gasteiger partial charge in [-0.3, -0.25) is 9.59 Å². The first-order valence-corrected chi connectivity index (χ1v) is 8.62. The van der Waals surface area contributed by atoms with Crippen LogP contribution in [0, 0.1) is 5.92 Å². The molecule has 2 heterocycles. The van der Waals surface area contributed by atoms with Gasteiger partial charge in [0.25, 0.3) is 5.91 Å². The summed E-state index contributed by atoms with van der Waals surface area (Å²) in [5, 5.41) is 3.97. The molecule has 1 saturated heterocycles. The summed E-state index contributed by atoms with van der Waals surface area (Å²) in [5.74, 6) is 0.0890. The summed E-state index contributed by atoms with van der Waals surface area (Å²) in [6, 6.07) is 11.5. The Morgan fingerprint density at radius 3 is 2.67 bits per heavy atom. The van der Waals surface area contributed by atoms with Crippen molar-refractivity contribution >= 4 is 22.7 Å². The van der Waals surface area contributed by atoms with Gasteiger partial charge in [0, 0.05) is 30.9 Å². The number of nitrogens with one attached hydrogen (secondary N) is 1. The number of aromatic nitrogens is 1. The van der Waals surface area contributed by atoms with Crippen molar-refractivity contribution in [3.8, 4) is 0 Å². The van der Waals surface area contributed by atoms with Crippen LogP contribution in [0.25, 0.3) is 10.9 Å². The van der Waals surface area contributed by atoms with E-state index in [2.05, 4.69) is 10.3 Å². The lowest BCUT2D eigenvalue weighted by Gasteiger charge is -2.31. The number of carbonyl (C=O) groups excluding carboxylic acids is 2. The Morgan fingerprint density at radius 2 is 1.92 bits per heavy atom. The SMILES string of the molecule is CCCNC(=O)C1CCN(C(=O)c2ccc3ccccc3n2)CC1. The van der Waals surface area contributed by atoms with Gasteiger partial charge in [0.15, 0.2) is 0 Å². The van der Waals surface area contributed by atoms with Gasteiger partial charge in [-0.15, -0.1) is 0 Å². The predicted molar refractivity (Wildman–Crippen MR) is 93.7 cm³/mol. The van der Waals surface area contributed by atoms with E-state index in [1.54, 1.807) is 11.0 Å². The van der Waals surface area contributed by atoms with Crippen LogP contribution < -0.4 is 5.32 Å². The van der Waals surface area contributed by atoms with E-state index >= 15 is 0 Å². The molecule has 1 aromatic carbocycles. The Morgan fingerprint density at radius 1 is 1.17 bits per heavy atom. The van der Waals surface area contributed by atoms with Crippen LogP contribution in [-0.4, -0.2) is 41.3 Å². The van der Waals surface area contributed by atoms with E-state index in [4.69, 9.17) is 0 Å². The zero-order valence-electron chi connectivity index (χ0n) is 14.0. The van der Waals surface area contributed by atoms with Crippen molar-refractivity contribution in [1.82, 2.24) is 15.2 Å². The quantitative estimate of drug-likeness (QED) is 0.940. The number of para-hydroxylation sites is 1. The number of amides is 2. The second kappa shape index (κ2) is 7.43. The molecule has 5 nitrogen and oxygen atoms in total. The molecule has 0 aliphatic carbocycles. The summed E-state index contributed by atoms with van der Waals surface area (Å²) in [6.45, 7) is 3.98. The van der Waals surface area contributed by atoms with Crippen molar-refractivity contribution in [2.24, 2.45) is 5.92 Å². The number of fused-ring (bicyclic) bond motifs is 1. The summed E-state index contributed by atoms with van der Waals surface area (Å²) >= 11 is 0. The monoisotopic (exact) mass is 325 g/mol. The molecule has 1 fully saturated rings. The number of benzene rings is 1. The molecule has 1 aliphatic rings. The second-order valence-electron chi connectivity index (χ2n) is 6.25. The average Bonchev–Trinajstić information content (AvgIpc) is 2.65. The highest BCUT2D eigenvalue weighted by atomic mass is 16.2. The van der Waals surface area contributed by atoms with Crippen LogP contribution in [0.3, 0.4) is 0 Å². The maximum atomic E-state index is 12.7. The van der Waals surface area contributed by atoms with E-state index in [1.807, 2.05) is 37.3 Å². The van der Waals surface area contributed by atoms with Crippen LogP contribution in [0.5, 0.6) is 0 Å². The molecule has 2 aromatic rings. The number of nitrogens with zero attached hydrogens (tertiary/aromatic N) is 2. The number of likely N-dealkylation sites (tertiary alicyclic amines) is 1. The van der Waals surface area contributed by atoms with Gasteiger partial charge < -0.3 is 10.2 Å². The summed E-state index contributed by atoms with van der Waals surface area (Å²) in [4.78, 5) is 31.0. The largest absolute Gasteiger partial charge is 0.356 e. The fourth-order valence-electron chi connectivity index (χ4n) is 3.08. The predicted octanol–water partition coefficient (Wildman–Crippen LogP) is 2.61. The van der Waals surface area contributed by atoms with E-state index in [-0.39, 0.29) is 17.7 Å². The molecule has 1 aliphatic heterocycles. The molecule has 0 bridgehead atoms. The van der Waals surface area contributed by atoms with Crippen LogP contribution in [0.1, 0.15) is 36.7 Å². The van der Waals surface area contributed by atoms with E-state index in [9.17, 15) is 9.59 Å². The topological polar surface area (TPSA) is 62.3 Å². The zero-order valence-corrected chi connectivity index (χ0v) is 14.0. The van der Waals surface area contributed by atoms with E-state index in [0.29, 0.717) is 18.8 Å². The fraction of sp³-hybridized carbons (Fsp3) is 0.421. The Balaban J connectivity index is 1.63. The van der Waals surface area contributed by atoms with Gasteiger partial charge in [0.2, 0.25) is 5.91 Å². The molecule has 0 saturated carbocycles. The number of hydrogen-bond donors (Lipinski definition) is 1. The van der Waals surface area contributed by atoms with Gasteiger partial charge in [-0.05, 0) is 31.4 Å². The smallest absolute Gasteiger partial charge is 0.272 e. The first kappa shape index (κ1) is 16.4. The molecule has 3 rings (SSSR count). The number of rotatable bonds is 4. The lowest BCUT2D eigenvalue weighted by molar-refractivity contribution is -0.126. The van der Waals surface area contributed by atoms with Crippen molar-refractivity contribution in [3.05, 3.63) is 42.1 Å². The minimum Gasteiger partial charge on any atom is -0.356 e. The molecular formula is C19H23N3O2. The van der Waals surface area contributed by atoms with Crippen LogP contribution in [-0.2, 0) is 4.79 Å². The van der Waals surface area contributed by atoms with E-state index in [0.717, 1.165) is 36.7 Å². The minimum absolute atomic E-state index is 0.0187. The van der Waals surface area contributed by atoms with Crippen molar-refractivity contribution in [2.75, 3.05) is 19.6 Å². The minimum atomic E-state index is -0.0480. The normalized spacial score (nSPS) is 15.5. The Labute approximate surface area is 142 Å². The third-order valence-electron chi connectivity index (χ3n) is 4.52. The van der Waals surface area contributed by atoms with Gasteiger partial charge in [-0.25, -0.2) is 4.98 Å². The maximum absolute atomic E-state index is 12.7. The van der Waals surface area contributed by atoms with Gasteiger partial charge in [-0.2, -0.15) is 0 Å². The maximum Gasteiger partial charge on any atom is 0.272 e. The van der Waals surface area contributed by atoms with Crippen LogP contribution in [0.15, 0.2) is 36.4 Å².